The number of amides is 5. The van der Waals surface area contributed by atoms with Crippen molar-refractivity contribution in [2.24, 2.45) is 0 Å². The van der Waals surface area contributed by atoms with Crippen molar-refractivity contribution in [1.82, 2.24) is 20.0 Å². The number of benzene rings is 5. The normalized spacial score (nSPS) is 29.3. The Balaban J connectivity index is 1.09. The van der Waals surface area contributed by atoms with E-state index in [4.69, 9.17) is 4.74 Å². The molecule has 0 unspecified atom stereocenters. The Kier molecular flexibility index (Phi) is 8.42. The monoisotopic (exact) mass is 882 g/mol. The van der Waals surface area contributed by atoms with Crippen LogP contribution in [-0.2, 0) is 52.1 Å². The molecule has 7 atom stereocenters. The molecule has 12 rings (SSSR count). The van der Waals surface area contributed by atoms with E-state index in [2.05, 4.69) is 50.4 Å². The van der Waals surface area contributed by atoms with Gasteiger partial charge in [0.15, 0.2) is 0 Å². The molecular weight excluding hydrogens is 833 g/mol. The van der Waals surface area contributed by atoms with Crippen molar-refractivity contribution in [1.29, 1.82) is 0 Å². The van der Waals surface area contributed by atoms with Crippen LogP contribution < -0.4 is 26.2 Å². The first-order valence-electron chi connectivity index (χ1n) is 22.7. The van der Waals surface area contributed by atoms with Gasteiger partial charge in [-0.1, -0.05) is 103 Å². The minimum atomic E-state index is -1.55. The fourth-order valence-corrected chi connectivity index (χ4v) is 13.8. The number of para-hydroxylation sites is 4. The van der Waals surface area contributed by atoms with Gasteiger partial charge in [0.2, 0.25) is 23.6 Å². The van der Waals surface area contributed by atoms with Crippen molar-refractivity contribution in [3.8, 4) is 0 Å². The van der Waals surface area contributed by atoms with Gasteiger partial charge in [0, 0.05) is 76.2 Å². The van der Waals surface area contributed by atoms with Gasteiger partial charge in [0.05, 0.1) is 28.8 Å². The molecule has 5 aromatic rings. The van der Waals surface area contributed by atoms with Gasteiger partial charge in [-0.3, -0.25) is 24.1 Å². The lowest BCUT2D eigenvalue weighted by atomic mass is 9.54. The highest BCUT2D eigenvalue weighted by Gasteiger charge is 2.74. The molecule has 5 amide bonds. The third kappa shape index (κ3) is 4.73. The van der Waals surface area contributed by atoms with E-state index in [0.29, 0.717) is 24.2 Å². The Morgan fingerprint density at radius 3 is 1.95 bits per heavy atom. The number of fused-ring (bicyclic) bond motifs is 10. The molecule has 0 radical (unpaired) electrons. The number of anilines is 4. The Labute approximate surface area is 382 Å². The van der Waals surface area contributed by atoms with Crippen LogP contribution >= 0.6 is 0 Å². The van der Waals surface area contributed by atoms with Crippen molar-refractivity contribution < 1.29 is 28.7 Å². The average Bonchev–Trinajstić information content (AvgIpc) is 4.18. The summed E-state index contributed by atoms with van der Waals surface area (Å²) in [6.45, 7) is 0.703. The maximum Gasteiger partial charge on any atom is 0.411 e. The highest BCUT2D eigenvalue weighted by molar-refractivity contribution is 6.12. The molecule has 7 aliphatic heterocycles. The summed E-state index contributed by atoms with van der Waals surface area (Å²) in [5, 5.41) is 13.8. The first kappa shape index (κ1) is 40.2. The summed E-state index contributed by atoms with van der Waals surface area (Å²) in [4.78, 5) is 79.7. The van der Waals surface area contributed by atoms with E-state index in [1.165, 1.54) is 7.11 Å². The molecule has 334 valence electrons. The summed E-state index contributed by atoms with van der Waals surface area (Å²) in [5.74, 6) is -0.713. The van der Waals surface area contributed by atoms with E-state index >= 15 is 4.79 Å². The third-order valence-corrected chi connectivity index (χ3v) is 16.5. The van der Waals surface area contributed by atoms with E-state index < -0.39 is 40.1 Å². The van der Waals surface area contributed by atoms with E-state index in [1.807, 2.05) is 105 Å². The van der Waals surface area contributed by atoms with Crippen molar-refractivity contribution in [3.05, 3.63) is 154 Å². The molecule has 0 aliphatic carbocycles. The number of carbonyl (C=O) groups is 5. The Morgan fingerprint density at radius 2 is 1.27 bits per heavy atom. The lowest BCUT2D eigenvalue weighted by Gasteiger charge is -2.47. The van der Waals surface area contributed by atoms with E-state index in [0.717, 1.165) is 50.4 Å². The predicted molar refractivity (Wildman–Crippen MR) is 248 cm³/mol. The topological polar surface area (TPSA) is 156 Å². The van der Waals surface area contributed by atoms with Gasteiger partial charge in [0.1, 0.15) is 18.5 Å². The number of likely N-dealkylation sites (tertiary alicyclic amines) is 3. The van der Waals surface area contributed by atoms with E-state index in [9.17, 15) is 19.2 Å². The smallest absolute Gasteiger partial charge is 0.411 e. The first-order chi connectivity index (χ1) is 32.0. The molecule has 3 saturated heterocycles. The van der Waals surface area contributed by atoms with Gasteiger partial charge in [-0.25, -0.2) is 4.79 Å². The van der Waals surface area contributed by atoms with Gasteiger partial charge in [-0.2, -0.15) is 0 Å². The zero-order chi connectivity index (χ0) is 45.5. The lowest BCUT2D eigenvalue weighted by molar-refractivity contribution is -0.131. The highest BCUT2D eigenvalue weighted by Crippen LogP contribution is 2.67. The Morgan fingerprint density at radius 1 is 0.697 bits per heavy atom. The second-order valence-corrected chi connectivity index (χ2v) is 19.0. The van der Waals surface area contributed by atoms with Crippen LogP contribution in [0.2, 0.25) is 0 Å². The van der Waals surface area contributed by atoms with E-state index in [1.54, 1.807) is 21.7 Å². The molecule has 14 heteroatoms. The largest absolute Gasteiger partial charge is 0.453 e. The molecular formula is C52H50N8O6. The van der Waals surface area contributed by atoms with Gasteiger partial charge >= 0.3 is 6.09 Å². The van der Waals surface area contributed by atoms with E-state index in [-0.39, 0.29) is 55.6 Å². The number of ether oxygens (including phenoxy) is 1. The fraction of sp³-hybridized carbons (Fsp3) is 0.327. The Bertz CT molecular complexity index is 2960. The van der Waals surface area contributed by atoms with Crippen LogP contribution in [0.15, 0.2) is 115 Å². The Hall–Kier alpha value is -7.35. The molecule has 7 aliphatic rings. The molecule has 3 fully saturated rings. The molecule has 66 heavy (non-hydrogen) atoms. The number of nitrogens with zero attached hydrogens (tertiary/aromatic N) is 4. The maximum absolute atomic E-state index is 15.9. The summed E-state index contributed by atoms with van der Waals surface area (Å²) in [6.07, 6.45) is -1.63. The standard InChI is InChI=1S/C52H50N8O6/c1-53-39(61)26-52(51-24-25-59(48(65)66-4)47(51)60(29-30-14-6-5-7-15-30)38-23-11-9-17-32(38)51)36-21-13-20-35(43(36)56-46(52)64)50-28-41(63)58(3)45(50)55-42-33(18-12-19-34(42)50)49-27-40(62)57(2)44(49)54-37-22-10-8-16-31(37)49/h5-23,44-45,47,54-55H,24-29H2,1-4H3,(H,53,61)(H,56,64)/t44-,45-,47-,49-,50-,51-,52+/m1/s1. The van der Waals surface area contributed by atoms with Crippen LogP contribution in [0.4, 0.5) is 27.5 Å². The minimum absolute atomic E-state index is 0.0297. The third-order valence-electron chi connectivity index (χ3n) is 16.5. The fourth-order valence-electron chi connectivity index (χ4n) is 13.8. The van der Waals surface area contributed by atoms with Crippen molar-refractivity contribution >= 4 is 52.5 Å². The van der Waals surface area contributed by atoms with Crippen LogP contribution in [-0.4, -0.2) is 97.7 Å². The second-order valence-electron chi connectivity index (χ2n) is 19.0. The number of hydrogen-bond donors (Lipinski definition) is 4. The van der Waals surface area contributed by atoms with Crippen LogP contribution in [0.1, 0.15) is 64.6 Å². The summed E-state index contributed by atoms with van der Waals surface area (Å²) in [7, 11) is 6.60. The van der Waals surface area contributed by atoms with Gasteiger partial charge < -0.3 is 40.7 Å². The minimum Gasteiger partial charge on any atom is -0.453 e. The summed E-state index contributed by atoms with van der Waals surface area (Å²) in [6, 6.07) is 38.3. The van der Waals surface area contributed by atoms with Crippen LogP contribution in [0, 0.1) is 0 Å². The zero-order valence-corrected chi connectivity index (χ0v) is 37.2. The number of carbonyl (C=O) groups excluding carboxylic acids is 5. The number of nitrogens with one attached hydrogen (secondary N) is 4. The molecule has 7 heterocycles. The molecule has 0 spiro atoms. The van der Waals surface area contributed by atoms with Crippen molar-refractivity contribution in [2.45, 2.75) is 72.4 Å². The van der Waals surface area contributed by atoms with Crippen LogP contribution in [0.5, 0.6) is 0 Å². The quantitative estimate of drug-likeness (QED) is 0.164. The summed E-state index contributed by atoms with van der Waals surface area (Å²) < 4.78 is 5.48. The predicted octanol–water partition coefficient (Wildman–Crippen LogP) is 5.57. The number of likely N-dealkylation sites (N-methyl/N-ethyl adjacent to an activating group) is 2. The maximum atomic E-state index is 15.9. The number of hydrogen-bond acceptors (Lipinski definition) is 9. The molecule has 4 N–H and O–H groups in total. The lowest BCUT2D eigenvalue weighted by Crippen LogP contribution is -2.62. The first-order valence-corrected chi connectivity index (χ1v) is 22.7. The second kappa shape index (κ2) is 13.8. The number of rotatable bonds is 7. The van der Waals surface area contributed by atoms with Crippen molar-refractivity contribution in [2.75, 3.05) is 55.6 Å². The molecule has 0 aromatic heterocycles. The van der Waals surface area contributed by atoms with Crippen molar-refractivity contribution in [3.63, 3.8) is 0 Å². The van der Waals surface area contributed by atoms with Gasteiger partial charge in [0.25, 0.3) is 0 Å². The van der Waals surface area contributed by atoms with Crippen LogP contribution in [0.3, 0.4) is 0 Å². The molecule has 0 bridgehead atoms. The summed E-state index contributed by atoms with van der Waals surface area (Å²) >= 11 is 0. The molecule has 0 saturated carbocycles. The average molecular weight is 883 g/mol. The molecule has 14 nitrogen and oxygen atoms in total. The van der Waals surface area contributed by atoms with Crippen LogP contribution in [0.25, 0.3) is 0 Å². The summed E-state index contributed by atoms with van der Waals surface area (Å²) in [5.41, 5.74) is 4.97. The molecule has 5 aromatic carbocycles. The number of methoxy groups -OCH3 is 1. The highest BCUT2D eigenvalue weighted by atomic mass is 16.5. The van der Waals surface area contributed by atoms with Gasteiger partial charge in [-0.05, 0) is 57.5 Å². The SMILES string of the molecule is CNC(=O)C[C@@]1([C@@]23CCN(C(=O)OC)[C@@H]2N(Cc2ccccc2)c2ccccc23)C(=O)Nc2c([C@]34CC(=O)N(C)[C@H]3Nc3c([C@]56CC(=O)N(C)[C@H]5Nc5ccccc56)cccc34)cccc21. The zero-order valence-electron chi connectivity index (χ0n) is 37.2. The van der Waals surface area contributed by atoms with Gasteiger partial charge in [-0.15, -0.1) is 0 Å².